The van der Waals surface area contributed by atoms with Crippen LogP contribution in [0.25, 0.3) is 0 Å². The Kier molecular flexibility index (Phi) is 3.08. The van der Waals surface area contributed by atoms with Crippen molar-refractivity contribution in [1.82, 2.24) is 4.98 Å². The minimum absolute atomic E-state index is 0.308. The van der Waals surface area contributed by atoms with Crippen molar-refractivity contribution in [1.29, 1.82) is 0 Å². The topological polar surface area (TPSA) is 53.4 Å². The summed E-state index contributed by atoms with van der Waals surface area (Å²) in [6.45, 7) is 3.04. The Morgan fingerprint density at radius 2 is 2.50 bits per heavy atom. The van der Waals surface area contributed by atoms with Gasteiger partial charge in [-0.2, -0.15) is 0 Å². The van der Waals surface area contributed by atoms with E-state index in [1.807, 2.05) is 0 Å². The molecular formula is C12H16N2O2. The maximum absolute atomic E-state index is 11.1. The van der Waals surface area contributed by atoms with Crippen LogP contribution in [0.3, 0.4) is 0 Å². The Morgan fingerprint density at radius 1 is 1.69 bits per heavy atom. The Morgan fingerprint density at radius 3 is 3.19 bits per heavy atom. The first-order valence-corrected chi connectivity index (χ1v) is 5.69. The fourth-order valence-corrected chi connectivity index (χ4v) is 2.33. The monoisotopic (exact) mass is 220 g/mol. The number of carboxylic acids is 1. The third-order valence-electron chi connectivity index (χ3n) is 3.14. The van der Waals surface area contributed by atoms with Crippen LogP contribution >= 0.6 is 0 Å². The first-order chi connectivity index (χ1) is 7.74. The lowest BCUT2D eigenvalue weighted by Gasteiger charge is -2.25. The number of nitrogens with zero attached hydrogens (tertiary/aromatic N) is 2. The fraction of sp³-hybridized carbons (Fsp3) is 0.500. The van der Waals surface area contributed by atoms with Crippen LogP contribution in [0, 0.1) is 0 Å². The van der Waals surface area contributed by atoms with E-state index in [0.717, 1.165) is 25.8 Å². The summed E-state index contributed by atoms with van der Waals surface area (Å²) < 4.78 is 0. The van der Waals surface area contributed by atoms with Crippen molar-refractivity contribution in [3.63, 3.8) is 0 Å². The molecule has 86 valence electrons. The third-order valence-corrected chi connectivity index (χ3v) is 3.14. The molecule has 4 heteroatoms. The van der Waals surface area contributed by atoms with E-state index in [1.165, 1.54) is 0 Å². The van der Waals surface area contributed by atoms with Crippen LogP contribution in [0.2, 0.25) is 0 Å². The van der Waals surface area contributed by atoms with Crippen molar-refractivity contribution < 1.29 is 9.90 Å². The minimum Gasteiger partial charge on any atom is -0.478 e. The van der Waals surface area contributed by atoms with Gasteiger partial charge in [0.25, 0.3) is 0 Å². The summed E-state index contributed by atoms with van der Waals surface area (Å²) in [4.78, 5) is 17.5. The van der Waals surface area contributed by atoms with Gasteiger partial charge in [0, 0.05) is 18.8 Å². The molecule has 1 saturated heterocycles. The highest BCUT2D eigenvalue weighted by atomic mass is 16.4. The Bertz CT molecular complexity index is 392. The molecule has 1 aromatic rings. The molecule has 0 unspecified atom stereocenters. The van der Waals surface area contributed by atoms with E-state index in [9.17, 15) is 4.79 Å². The number of hydrogen-bond acceptors (Lipinski definition) is 3. The molecule has 16 heavy (non-hydrogen) atoms. The smallest absolute Gasteiger partial charge is 0.339 e. The van der Waals surface area contributed by atoms with Gasteiger partial charge in [0.2, 0.25) is 0 Å². The number of anilines is 1. The molecule has 1 N–H and O–H groups in total. The molecule has 1 atom stereocenters. The average molecular weight is 220 g/mol. The van der Waals surface area contributed by atoms with Gasteiger partial charge in [-0.3, -0.25) is 0 Å². The molecule has 0 aromatic carbocycles. The normalized spacial score (nSPS) is 20.1. The second-order valence-electron chi connectivity index (χ2n) is 4.08. The third kappa shape index (κ3) is 1.87. The van der Waals surface area contributed by atoms with Gasteiger partial charge >= 0.3 is 5.97 Å². The highest BCUT2D eigenvalue weighted by molar-refractivity contribution is 5.93. The molecule has 0 saturated carbocycles. The molecule has 1 aromatic heterocycles. The molecule has 4 nitrogen and oxygen atoms in total. The molecule has 1 aliphatic rings. The lowest BCUT2D eigenvalue weighted by molar-refractivity contribution is 0.0697. The SMILES string of the molecule is CC[C@@H]1CCCN1c1ncccc1C(=O)O. The zero-order chi connectivity index (χ0) is 11.5. The number of aromatic nitrogens is 1. The summed E-state index contributed by atoms with van der Waals surface area (Å²) in [7, 11) is 0. The summed E-state index contributed by atoms with van der Waals surface area (Å²) in [5, 5.41) is 9.12. The van der Waals surface area contributed by atoms with Gasteiger partial charge in [-0.05, 0) is 31.4 Å². The zero-order valence-electron chi connectivity index (χ0n) is 9.39. The lowest BCUT2D eigenvalue weighted by atomic mass is 10.1. The van der Waals surface area contributed by atoms with Crippen LogP contribution in [-0.4, -0.2) is 28.6 Å². The highest BCUT2D eigenvalue weighted by Gasteiger charge is 2.27. The van der Waals surface area contributed by atoms with Crippen LogP contribution in [0.15, 0.2) is 18.3 Å². The molecule has 2 rings (SSSR count). The van der Waals surface area contributed by atoms with Gasteiger partial charge in [0.15, 0.2) is 0 Å². The van der Waals surface area contributed by atoms with Crippen molar-refractivity contribution in [2.45, 2.75) is 32.2 Å². The molecule has 0 spiro atoms. The number of carboxylic acid groups (broad SMARTS) is 1. The second kappa shape index (κ2) is 4.51. The second-order valence-corrected chi connectivity index (χ2v) is 4.08. The number of carbonyl (C=O) groups is 1. The molecule has 0 bridgehead atoms. The number of rotatable bonds is 3. The van der Waals surface area contributed by atoms with Gasteiger partial charge < -0.3 is 10.0 Å². The number of hydrogen-bond donors (Lipinski definition) is 1. The predicted octanol–water partition coefficient (Wildman–Crippen LogP) is 2.16. The molecule has 0 radical (unpaired) electrons. The average Bonchev–Trinajstić information content (AvgIpc) is 2.76. The quantitative estimate of drug-likeness (QED) is 0.848. The van der Waals surface area contributed by atoms with Crippen LogP contribution < -0.4 is 4.90 Å². The van der Waals surface area contributed by atoms with Gasteiger partial charge in [0.05, 0.1) is 0 Å². The van der Waals surface area contributed by atoms with Crippen LogP contribution in [0.5, 0.6) is 0 Å². The standard InChI is InChI=1S/C12H16N2O2/c1-2-9-5-4-8-14(9)11-10(12(15)16)6-3-7-13-11/h3,6-7,9H,2,4-5,8H2,1H3,(H,15,16)/t9-/m1/s1. The van der Waals surface area contributed by atoms with E-state index in [2.05, 4.69) is 16.8 Å². The molecule has 2 heterocycles. The highest BCUT2D eigenvalue weighted by Crippen LogP contribution is 2.28. The van der Waals surface area contributed by atoms with Gasteiger partial charge in [-0.15, -0.1) is 0 Å². The van der Waals surface area contributed by atoms with Crippen molar-refractivity contribution in [3.8, 4) is 0 Å². The first-order valence-electron chi connectivity index (χ1n) is 5.69. The Hall–Kier alpha value is -1.58. The number of pyridine rings is 1. The summed E-state index contributed by atoms with van der Waals surface area (Å²) in [6.07, 6.45) is 4.95. The largest absolute Gasteiger partial charge is 0.478 e. The van der Waals surface area contributed by atoms with Crippen LogP contribution in [-0.2, 0) is 0 Å². The van der Waals surface area contributed by atoms with Crippen molar-refractivity contribution in [2.75, 3.05) is 11.4 Å². The summed E-state index contributed by atoms with van der Waals surface area (Å²) in [6, 6.07) is 3.73. The minimum atomic E-state index is -0.898. The van der Waals surface area contributed by atoms with Gasteiger partial charge in [-0.25, -0.2) is 9.78 Å². The van der Waals surface area contributed by atoms with E-state index < -0.39 is 5.97 Å². The predicted molar refractivity (Wildman–Crippen MR) is 61.9 cm³/mol. The summed E-state index contributed by atoms with van der Waals surface area (Å²) in [5.74, 6) is -0.274. The molecule has 1 fully saturated rings. The lowest BCUT2D eigenvalue weighted by Crippen LogP contribution is -2.30. The van der Waals surface area contributed by atoms with E-state index in [0.29, 0.717) is 17.4 Å². The number of aromatic carboxylic acids is 1. The Labute approximate surface area is 94.9 Å². The van der Waals surface area contributed by atoms with Crippen LogP contribution in [0.1, 0.15) is 36.5 Å². The summed E-state index contributed by atoms with van der Waals surface area (Å²) >= 11 is 0. The van der Waals surface area contributed by atoms with Crippen molar-refractivity contribution in [2.24, 2.45) is 0 Å². The maximum Gasteiger partial charge on any atom is 0.339 e. The molecule has 0 aliphatic carbocycles. The Balaban J connectivity index is 2.35. The molecule has 1 aliphatic heterocycles. The van der Waals surface area contributed by atoms with E-state index in [4.69, 9.17) is 5.11 Å². The van der Waals surface area contributed by atoms with E-state index in [1.54, 1.807) is 18.3 Å². The zero-order valence-corrected chi connectivity index (χ0v) is 9.39. The van der Waals surface area contributed by atoms with E-state index >= 15 is 0 Å². The molecule has 0 amide bonds. The fourth-order valence-electron chi connectivity index (χ4n) is 2.33. The van der Waals surface area contributed by atoms with Gasteiger partial charge in [0.1, 0.15) is 11.4 Å². The van der Waals surface area contributed by atoms with E-state index in [-0.39, 0.29) is 0 Å². The van der Waals surface area contributed by atoms with Crippen molar-refractivity contribution in [3.05, 3.63) is 23.9 Å². The van der Waals surface area contributed by atoms with Crippen LogP contribution in [0.4, 0.5) is 5.82 Å². The first kappa shape index (κ1) is 10.9. The summed E-state index contributed by atoms with van der Waals surface area (Å²) in [5.41, 5.74) is 0.308. The van der Waals surface area contributed by atoms with Gasteiger partial charge in [-0.1, -0.05) is 6.92 Å². The maximum atomic E-state index is 11.1. The molecular weight excluding hydrogens is 204 g/mol. The van der Waals surface area contributed by atoms with Crippen molar-refractivity contribution >= 4 is 11.8 Å².